The van der Waals surface area contributed by atoms with Gasteiger partial charge in [0.05, 0.1) is 11.6 Å². The standard InChI is InChI=1S/C13H12BrN5/c1-19-13-10(7-18-19)12(16-8-17-13)15-6-9-4-2-3-5-11(9)14/h2-5,7-8H,6H2,1H3,(H,15,16,17). The molecule has 5 nitrogen and oxygen atoms in total. The van der Waals surface area contributed by atoms with Crippen LogP contribution in [0.25, 0.3) is 11.0 Å². The Labute approximate surface area is 118 Å². The molecular formula is C13H12BrN5. The highest BCUT2D eigenvalue weighted by molar-refractivity contribution is 9.10. The third kappa shape index (κ3) is 2.31. The van der Waals surface area contributed by atoms with Gasteiger partial charge in [0, 0.05) is 18.1 Å². The summed E-state index contributed by atoms with van der Waals surface area (Å²) in [5.41, 5.74) is 2.00. The van der Waals surface area contributed by atoms with E-state index >= 15 is 0 Å². The Morgan fingerprint density at radius 3 is 2.95 bits per heavy atom. The summed E-state index contributed by atoms with van der Waals surface area (Å²) in [6.07, 6.45) is 3.32. The fraction of sp³-hybridized carbons (Fsp3) is 0.154. The van der Waals surface area contributed by atoms with Gasteiger partial charge in [0.15, 0.2) is 5.65 Å². The first-order valence-corrected chi connectivity index (χ1v) is 6.65. The molecule has 2 heterocycles. The van der Waals surface area contributed by atoms with Gasteiger partial charge in [-0.1, -0.05) is 34.1 Å². The van der Waals surface area contributed by atoms with E-state index in [4.69, 9.17) is 0 Å². The van der Waals surface area contributed by atoms with Gasteiger partial charge < -0.3 is 5.32 Å². The number of hydrogen-bond acceptors (Lipinski definition) is 4. The van der Waals surface area contributed by atoms with Crippen LogP contribution >= 0.6 is 15.9 Å². The van der Waals surface area contributed by atoms with Gasteiger partial charge >= 0.3 is 0 Å². The second-order valence-corrected chi connectivity index (χ2v) is 5.03. The second-order valence-electron chi connectivity index (χ2n) is 4.17. The van der Waals surface area contributed by atoms with Gasteiger partial charge in [0.25, 0.3) is 0 Å². The molecule has 0 spiro atoms. The number of nitrogens with zero attached hydrogens (tertiary/aromatic N) is 4. The summed E-state index contributed by atoms with van der Waals surface area (Å²) in [7, 11) is 1.87. The lowest BCUT2D eigenvalue weighted by molar-refractivity contribution is 0.785. The van der Waals surface area contributed by atoms with Crippen LogP contribution in [0.15, 0.2) is 41.3 Å². The van der Waals surface area contributed by atoms with E-state index in [0.717, 1.165) is 21.3 Å². The highest BCUT2D eigenvalue weighted by Crippen LogP contribution is 2.21. The molecule has 0 aliphatic rings. The molecule has 6 heteroatoms. The number of nitrogens with one attached hydrogen (secondary N) is 1. The first-order chi connectivity index (χ1) is 9.25. The molecule has 0 unspecified atom stereocenters. The van der Waals surface area contributed by atoms with Gasteiger partial charge in [-0.2, -0.15) is 5.10 Å². The Hall–Kier alpha value is -1.95. The van der Waals surface area contributed by atoms with Crippen molar-refractivity contribution in [3.05, 3.63) is 46.8 Å². The lowest BCUT2D eigenvalue weighted by Gasteiger charge is -2.07. The maximum Gasteiger partial charge on any atom is 0.163 e. The molecule has 3 aromatic rings. The number of aromatic nitrogens is 4. The van der Waals surface area contributed by atoms with Gasteiger partial charge in [0.2, 0.25) is 0 Å². The summed E-state index contributed by atoms with van der Waals surface area (Å²) in [6, 6.07) is 8.11. The van der Waals surface area contributed by atoms with Crippen LogP contribution < -0.4 is 5.32 Å². The topological polar surface area (TPSA) is 55.6 Å². The van der Waals surface area contributed by atoms with Crippen LogP contribution in [0, 0.1) is 0 Å². The van der Waals surface area contributed by atoms with E-state index in [9.17, 15) is 0 Å². The van der Waals surface area contributed by atoms with Crippen LogP contribution in [0.2, 0.25) is 0 Å². The van der Waals surface area contributed by atoms with E-state index < -0.39 is 0 Å². The van der Waals surface area contributed by atoms with Crippen molar-refractivity contribution in [1.29, 1.82) is 0 Å². The fourth-order valence-corrected chi connectivity index (χ4v) is 2.35. The smallest absolute Gasteiger partial charge is 0.163 e. The fourth-order valence-electron chi connectivity index (χ4n) is 1.92. The summed E-state index contributed by atoms with van der Waals surface area (Å²) >= 11 is 3.53. The zero-order chi connectivity index (χ0) is 13.2. The molecular weight excluding hydrogens is 306 g/mol. The molecule has 0 saturated carbocycles. The molecule has 0 radical (unpaired) electrons. The van der Waals surface area contributed by atoms with Crippen molar-refractivity contribution in [2.75, 3.05) is 5.32 Å². The summed E-state index contributed by atoms with van der Waals surface area (Å²) in [5, 5.41) is 8.45. The van der Waals surface area contributed by atoms with Crippen molar-refractivity contribution in [1.82, 2.24) is 19.7 Å². The Bertz CT molecular complexity index is 722. The minimum absolute atomic E-state index is 0.697. The van der Waals surface area contributed by atoms with Crippen LogP contribution in [0.3, 0.4) is 0 Å². The Morgan fingerprint density at radius 2 is 2.11 bits per heavy atom. The normalized spacial score (nSPS) is 10.8. The Kier molecular flexibility index (Phi) is 3.16. The van der Waals surface area contributed by atoms with E-state index in [0.29, 0.717) is 6.54 Å². The molecule has 2 aromatic heterocycles. The van der Waals surface area contributed by atoms with Crippen molar-refractivity contribution < 1.29 is 0 Å². The van der Waals surface area contributed by atoms with E-state index in [1.54, 1.807) is 17.2 Å². The molecule has 1 N–H and O–H groups in total. The van der Waals surface area contributed by atoms with Crippen molar-refractivity contribution >= 4 is 32.8 Å². The Balaban J connectivity index is 1.88. The summed E-state index contributed by atoms with van der Waals surface area (Å²) < 4.78 is 2.82. The van der Waals surface area contributed by atoms with E-state index in [1.165, 1.54) is 5.56 Å². The van der Waals surface area contributed by atoms with E-state index in [2.05, 4.69) is 42.4 Å². The minimum Gasteiger partial charge on any atom is -0.365 e. The van der Waals surface area contributed by atoms with Gasteiger partial charge in [-0.15, -0.1) is 0 Å². The van der Waals surface area contributed by atoms with Gasteiger partial charge in [0.1, 0.15) is 12.1 Å². The Morgan fingerprint density at radius 1 is 1.26 bits per heavy atom. The maximum atomic E-state index is 4.27. The predicted octanol–water partition coefficient (Wildman–Crippen LogP) is 2.74. The molecule has 96 valence electrons. The molecule has 3 rings (SSSR count). The zero-order valence-electron chi connectivity index (χ0n) is 10.3. The van der Waals surface area contributed by atoms with Crippen molar-refractivity contribution in [2.45, 2.75) is 6.54 Å². The summed E-state index contributed by atoms with van der Waals surface area (Å²) in [5.74, 6) is 0.800. The molecule has 0 amide bonds. The van der Waals surface area contributed by atoms with Crippen LogP contribution in [-0.2, 0) is 13.6 Å². The van der Waals surface area contributed by atoms with Crippen LogP contribution in [-0.4, -0.2) is 19.7 Å². The molecule has 0 aliphatic heterocycles. The number of fused-ring (bicyclic) bond motifs is 1. The van der Waals surface area contributed by atoms with E-state index in [-0.39, 0.29) is 0 Å². The molecule has 19 heavy (non-hydrogen) atoms. The third-order valence-electron chi connectivity index (χ3n) is 2.93. The highest BCUT2D eigenvalue weighted by Gasteiger charge is 2.07. The van der Waals surface area contributed by atoms with Crippen LogP contribution in [0.5, 0.6) is 0 Å². The molecule has 1 aromatic carbocycles. The number of benzene rings is 1. The molecule has 0 bridgehead atoms. The third-order valence-corrected chi connectivity index (χ3v) is 3.71. The average Bonchev–Trinajstić information content (AvgIpc) is 2.81. The number of halogens is 1. The second kappa shape index (κ2) is 4.97. The maximum absolute atomic E-state index is 4.27. The van der Waals surface area contributed by atoms with Crippen molar-refractivity contribution in [3.8, 4) is 0 Å². The lowest BCUT2D eigenvalue weighted by atomic mass is 10.2. The number of anilines is 1. The minimum atomic E-state index is 0.697. The number of hydrogen-bond donors (Lipinski definition) is 1. The van der Waals surface area contributed by atoms with Crippen LogP contribution in [0.1, 0.15) is 5.56 Å². The largest absolute Gasteiger partial charge is 0.365 e. The van der Waals surface area contributed by atoms with Gasteiger partial charge in [-0.05, 0) is 11.6 Å². The molecule has 0 saturated heterocycles. The SMILES string of the molecule is Cn1ncc2c(NCc3ccccc3Br)ncnc21. The number of aryl methyl sites for hydroxylation is 1. The van der Waals surface area contributed by atoms with Crippen molar-refractivity contribution in [3.63, 3.8) is 0 Å². The van der Waals surface area contributed by atoms with Crippen LogP contribution in [0.4, 0.5) is 5.82 Å². The number of rotatable bonds is 3. The first kappa shape index (κ1) is 12.1. The molecule has 0 aliphatic carbocycles. The van der Waals surface area contributed by atoms with Gasteiger partial charge in [-0.3, -0.25) is 4.68 Å². The predicted molar refractivity (Wildman–Crippen MR) is 77.8 cm³/mol. The zero-order valence-corrected chi connectivity index (χ0v) is 11.9. The summed E-state index contributed by atoms with van der Waals surface area (Å²) in [6.45, 7) is 0.697. The lowest BCUT2D eigenvalue weighted by Crippen LogP contribution is -2.03. The average molecular weight is 318 g/mol. The summed E-state index contributed by atoms with van der Waals surface area (Å²) in [4.78, 5) is 8.49. The highest BCUT2D eigenvalue weighted by atomic mass is 79.9. The first-order valence-electron chi connectivity index (χ1n) is 5.85. The molecule has 0 fully saturated rings. The molecule has 0 atom stereocenters. The van der Waals surface area contributed by atoms with E-state index in [1.807, 2.05) is 25.2 Å². The van der Waals surface area contributed by atoms with Crippen molar-refractivity contribution in [2.24, 2.45) is 7.05 Å². The monoisotopic (exact) mass is 317 g/mol. The quantitative estimate of drug-likeness (QED) is 0.807. The van der Waals surface area contributed by atoms with Gasteiger partial charge in [-0.25, -0.2) is 9.97 Å².